The molecule has 1 aliphatic heterocycles. The number of para-hydroxylation sites is 1. The van der Waals surface area contributed by atoms with E-state index in [2.05, 4.69) is 5.32 Å². The maximum Gasteiger partial charge on any atom is 0.303 e. The topological polar surface area (TPSA) is 69.6 Å². The van der Waals surface area contributed by atoms with Gasteiger partial charge in [-0.25, -0.2) is 0 Å². The Morgan fingerprint density at radius 3 is 2.75 bits per heavy atom. The summed E-state index contributed by atoms with van der Waals surface area (Å²) < 4.78 is 0. The number of nitrogens with zero attached hydrogens (tertiary/aromatic N) is 1. The van der Waals surface area contributed by atoms with Crippen molar-refractivity contribution >= 4 is 17.6 Å². The third-order valence-electron chi connectivity index (χ3n) is 3.48. The van der Waals surface area contributed by atoms with Gasteiger partial charge < -0.3 is 15.3 Å². The Labute approximate surface area is 118 Å². The molecule has 0 bridgehead atoms. The highest BCUT2D eigenvalue weighted by atomic mass is 16.4. The summed E-state index contributed by atoms with van der Waals surface area (Å²) in [4.78, 5) is 24.9. The Balaban J connectivity index is 2.19. The number of carboxylic acids is 1. The standard InChI is InChI=1S/C15H20N2O3/c1-10(2)14-16-12-7-4-3-6-11(12)15(20)17(14)9-5-8-13(18)19/h3-4,6-7,10,14,16H,5,8-9H2,1-2H3,(H,18,19)/t14-/m1/s1. The highest BCUT2D eigenvalue weighted by molar-refractivity contribution is 6.01. The molecule has 5 heteroatoms. The van der Waals surface area contributed by atoms with Crippen LogP contribution in [0.4, 0.5) is 5.69 Å². The molecule has 2 N–H and O–H groups in total. The van der Waals surface area contributed by atoms with Crippen LogP contribution in [0.5, 0.6) is 0 Å². The number of anilines is 1. The molecule has 5 nitrogen and oxygen atoms in total. The Morgan fingerprint density at radius 1 is 1.40 bits per heavy atom. The highest BCUT2D eigenvalue weighted by Crippen LogP contribution is 2.28. The van der Waals surface area contributed by atoms with Gasteiger partial charge in [-0.05, 0) is 24.5 Å². The molecule has 0 saturated carbocycles. The van der Waals surface area contributed by atoms with E-state index in [0.717, 1.165) is 5.69 Å². The molecule has 1 aromatic rings. The molecule has 1 heterocycles. The fraction of sp³-hybridized carbons (Fsp3) is 0.467. The predicted molar refractivity (Wildman–Crippen MR) is 76.6 cm³/mol. The molecule has 1 aromatic carbocycles. The lowest BCUT2D eigenvalue weighted by atomic mass is 10.0. The number of nitrogens with one attached hydrogen (secondary N) is 1. The van der Waals surface area contributed by atoms with Crippen LogP contribution in [0, 0.1) is 5.92 Å². The molecule has 0 saturated heterocycles. The molecule has 0 aromatic heterocycles. The summed E-state index contributed by atoms with van der Waals surface area (Å²) >= 11 is 0. The number of benzene rings is 1. The number of hydrogen-bond acceptors (Lipinski definition) is 3. The van der Waals surface area contributed by atoms with Crippen molar-refractivity contribution in [2.45, 2.75) is 32.9 Å². The molecular weight excluding hydrogens is 256 g/mol. The molecule has 1 aliphatic rings. The minimum Gasteiger partial charge on any atom is -0.481 e. The second kappa shape index (κ2) is 5.94. The Hall–Kier alpha value is -2.04. The SMILES string of the molecule is CC(C)[C@@H]1Nc2ccccc2C(=O)N1CCCC(=O)O. The first-order valence-electron chi connectivity index (χ1n) is 6.89. The maximum atomic E-state index is 12.5. The molecular formula is C15H20N2O3. The molecule has 0 spiro atoms. The van der Waals surface area contributed by atoms with E-state index in [9.17, 15) is 9.59 Å². The summed E-state index contributed by atoms with van der Waals surface area (Å²) in [5, 5.41) is 12.1. The van der Waals surface area contributed by atoms with Gasteiger partial charge in [-0.15, -0.1) is 0 Å². The van der Waals surface area contributed by atoms with Crippen LogP contribution in [0.1, 0.15) is 37.0 Å². The van der Waals surface area contributed by atoms with E-state index < -0.39 is 5.97 Å². The van der Waals surface area contributed by atoms with Gasteiger partial charge in [0.2, 0.25) is 0 Å². The fourth-order valence-electron chi connectivity index (χ4n) is 2.48. The minimum atomic E-state index is -0.830. The van der Waals surface area contributed by atoms with Gasteiger partial charge in [0, 0.05) is 18.7 Å². The molecule has 0 fully saturated rings. The summed E-state index contributed by atoms with van der Waals surface area (Å²) in [5.41, 5.74) is 1.51. The van der Waals surface area contributed by atoms with E-state index >= 15 is 0 Å². The van der Waals surface area contributed by atoms with E-state index in [-0.39, 0.29) is 24.4 Å². The van der Waals surface area contributed by atoms with Gasteiger partial charge in [0.05, 0.1) is 5.56 Å². The molecule has 20 heavy (non-hydrogen) atoms. The molecule has 0 unspecified atom stereocenters. The third kappa shape index (κ3) is 2.92. The van der Waals surface area contributed by atoms with E-state index in [1.807, 2.05) is 32.0 Å². The highest BCUT2D eigenvalue weighted by Gasteiger charge is 2.32. The average Bonchev–Trinajstić information content (AvgIpc) is 2.40. The fourth-order valence-corrected chi connectivity index (χ4v) is 2.48. The summed E-state index contributed by atoms with van der Waals surface area (Å²) in [7, 11) is 0. The first-order valence-corrected chi connectivity index (χ1v) is 6.89. The van der Waals surface area contributed by atoms with Gasteiger partial charge >= 0.3 is 5.97 Å². The third-order valence-corrected chi connectivity index (χ3v) is 3.48. The first kappa shape index (κ1) is 14.4. The molecule has 1 amide bonds. The van der Waals surface area contributed by atoms with Gasteiger partial charge in [-0.3, -0.25) is 9.59 Å². The lowest BCUT2D eigenvalue weighted by molar-refractivity contribution is -0.137. The van der Waals surface area contributed by atoms with Crippen LogP contribution in [0.25, 0.3) is 0 Å². The monoisotopic (exact) mass is 276 g/mol. The average molecular weight is 276 g/mol. The Morgan fingerprint density at radius 2 is 2.10 bits per heavy atom. The number of carboxylic acid groups (broad SMARTS) is 1. The lowest BCUT2D eigenvalue weighted by Gasteiger charge is -2.40. The second-order valence-electron chi connectivity index (χ2n) is 5.37. The van der Waals surface area contributed by atoms with E-state index in [0.29, 0.717) is 18.5 Å². The minimum absolute atomic E-state index is 0.0246. The normalized spacial score (nSPS) is 17.9. The van der Waals surface area contributed by atoms with Crippen molar-refractivity contribution in [2.75, 3.05) is 11.9 Å². The molecule has 0 aliphatic carbocycles. The van der Waals surface area contributed by atoms with Crippen molar-refractivity contribution in [1.82, 2.24) is 4.90 Å². The Bertz CT molecular complexity index is 514. The van der Waals surface area contributed by atoms with Crippen molar-refractivity contribution in [3.05, 3.63) is 29.8 Å². The zero-order valence-corrected chi connectivity index (χ0v) is 11.8. The number of rotatable bonds is 5. The van der Waals surface area contributed by atoms with Crippen LogP contribution in [0.15, 0.2) is 24.3 Å². The summed E-state index contributed by atoms with van der Waals surface area (Å²) in [5.74, 6) is -0.607. The van der Waals surface area contributed by atoms with Gasteiger partial charge in [0.1, 0.15) is 6.17 Å². The zero-order valence-electron chi connectivity index (χ0n) is 11.8. The quantitative estimate of drug-likeness (QED) is 0.866. The summed E-state index contributed by atoms with van der Waals surface area (Å²) in [6.07, 6.45) is 0.455. The van der Waals surface area contributed by atoms with Crippen LogP contribution >= 0.6 is 0 Å². The lowest BCUT2D eigenvalue weighted by Crippen LogP contribution is -2.51. The number of carbonyl (C=O) groups excluding carboxylic acids is 1. The van der Waals surface area contributed by atoms with Crippen molar-refractivity contribution in [3.63, 3.8) is 0 Å². The number of amides is 1. The van der Waals surface area contributed by atoms with Crippen molar-refractivity contribution < 1.29 is 14.7 Å². The van der Waals surface area contributed by atoms with E-state index in [1.54, 1.807) is 11.0 Å². The summed E-state index contributed by atoms with van der Waals surface area (Å²) in [6, 6.07) is 7.43. The number of hydrogen-bond donors (Lipinski definition) is 2. The number of aliphatic carboxylic acids is 1. The van der Waals surface area contributed by atoms with Gasteiger partial charge in [-0.1, -0.05) is 26.0 Å². The predicted octanol–water partition coefficient (Wildman–Crippen LogP) is 2.40. The van der Waals surface area contributed by atoms with E-state index in [1.165, 1.54) is 0 Å². The molecule has 2 rings (SSSR count). The number of fused-ring (bicyclic) bond motifs is 1. The van der Waals surface area contributed by atoms with Crippen molar-refractivity contribution in [2.24, 2.45) is 5.92 Å². The molecule has 108 valence electrons. The van der Waals surface area contributed by atoms with Gasteiger partial charge in [0.25, 0.3) is 5.91 Å². The van der Waals surface area contributed by atoms with Crippen LogP contribution < -0.4 is 5.32 Å². The Kier molecular flexibility index (Phi) is 4.27. The summed E-state index contributed by atoms with van der Waals surface area (Å²) in [6.45, 7) is 4.54. The molecule has 1 atom stereocenters. The largest absolute Gasteiger partial charge is 0.481 e. The van der Waals surface area contributed by atoms with Gasteiger partial charge in [-0.2, -0.15) is 0 Å². The smallest absolute Gasteiger partial charge is 0.303 e. The second-order valence-corrected chi connectivity index (χ2v) is 5.37. The van der Waals surface area contributed by atoms with Crippen molar-refractivity contribution in [1.29, 1.82) is 0 Å². The van der Waals surface area contributed by atoms with Crippen LogP contribution in [-0.4, -0.2) is 34.6 Å². The zero-order chi connectivity index (χ0) is 14.7. The van der Waals surface area contributed by atoms with Crippen LogP contribution in [0.3, 0.4) is 0 Å². The maximum absolute atomic E-state index is 12.5. The van der Waals surface area contributed by atoms with Crippen molar-refractivity contribution in [3.8, 4) is 0 Å². The van der Waals surface area contributed by atoms with E-state index in [4.69, 9.17) is 5.11 Å². The molecule has 0 radical (unpaired) electrons. The van der Waals surface area contributed by atoms with Gasteiger partial charge in [0.15, 0.2) is 0 Å². The number of carbonyl (C=O) groups is 2. The first-order chi connectivity index (χ1) is 9.50. The van der Waals surface area contributed by atoms with Crippen LogP contribution in [0.2, 0.25) is 0 Å². The van der Waals surface area contributed by atoms with Crippen LogP contribution in [-0.2, 0) is 4.79 Å².